The molecule has 6 heteroatoms. The molecular formula is C12H18BrNO3S. The van der Waals surface area contributed by atoms with Crippen molar-refractivity contribution in [2.24, 2.45) is 5.92 Å². The smallest absolute Gasteiger partial charge is 0.241 e. The Labute approximate surface area is 117 Å². The van der Waals surface area contributed by atoms with E-state index in [4.69, 9.17) is 5.11 Å². The minimum absolute atomic E-state index is 0.173. The van der Waals surface area contributed by atoms with E-state index in [1.54, 1.807) is 13.0 Å². The molecule has 0 bridgehead atoms. The van der Waals surface area contributed by atoms with Crippen LogP contribution in [0.3, 0.4) is 0 Å². The van der Waals surface area contributed by atoms with Crippen LogP contribution in [0.2, 0.25) is 0 Å². The summed E-state index contributed by atoms with van der Waals surface area (Å²) in [6.45, 7) is 5.88. The Bertz CT molecular complexity index is 526. The highest BCUT2D eigenvalue weighted by Gasteiger charge is 2.19. The van der Waals surface area contributed by atoms with Gasteiger partial charge < -0.3 is 5.11 Å². The highest BCUT2D eigenvalue weighted by atomic mass is 79.9. The van der Waals surface area contributed by atoms with Gasteiger partial charge in [0.05, 0.1) is 11.5 Å². The third-order valence-corrected chi connectivity index (χ3v) is 5.20. The van der Waals surface area contributed by atoms with Gasteiger partial charge in [0.15, 0.2) is 0 Å². The van der Waals surface area contributed by atoms with Crippen LogP contribution in [0.4, 0.5) is 0 Å². The molecule has 0 saturated heterocycles. The predicted molar refractivity (Wildman–Crippen MR) is 74.8 cm³/mol. The number of halogens is 1. The second-order valence-corrected chi connectivity index (χ2v) is 7.16. The van der Waals surface area contributed by atoms with Gasteiger partial charge in [0.2, 0.25) is 10.0 Å². The van der Waals surface area contributed by atoms with Crippen molar-refractivity contribution in [1.82, 2.24) is 4.72 Å². The lowest BCUT2D eigenvalue weighted by atomic mass is 10.1. The first-order valence-corrected chi connectivity index (χ1v) is 7.95. The van der Waals surface area contributed by atoms with Crippen LogP contribution < -0.4 is 4.72 Å². The van der Waals surface area contributed by atoms with Gasteiger partial charge in [-0.15, -0.1) is 0 Å². The van der Waals surface area contributed by atoms with Crippen LogP contribution in [0.1, 0.15) is 25.0 Å². The molecule has 0 aliphatic rings. The van der Waals surface area contributed by atoms with Crippen molar-refractivity contribution >= 4 is 26.0 Å². The van der Waals surface area contributed by atoms with Crippen LogP contribution in [0.25, 0.3) is 0 Å². The maximum atomic E-state index is 12.2. The van der Waals surface area contributed by atoms with Crippen molar-refractivity contribution in [1.29, 1.82) is 0 Å². The number of hydrogen-bond donors (Lipinski definition) is 2. The molecule has 4 nitrogen and oxygen atoms in total. The highest BCUT2D eigenvalue weighted by Crippen LogP contribution is 2.27. The van der Waals surface area contributed by atoms with Crippen LogP contribution in [0.5, 0.6) is 0 Å². The van der Waals surface area contributed by atoms with Gasteiger partial charge >= 0.3 is 0 Å². The average Bonchev–Trinajstić information content (AvgIpc) is 2.29. The van der Waals surface area contributed by atoms with E-state index >= 15 is 0 Å². The maximum Gasteiger partial charge on any atom is 0.241 e. The van der Waals surface area contributed by atoms with Gasteiger partial charge in [-0.1, -0.05) is 19.9 Å². The standard InChI is InChI=1S/C12H18BrNO3S/c1-8(2)6-14-18(16,17)11-5-10(7-15)4-9(3)12(11)13/h4-5,8,14-15H,6-7H2,1-3H3. The second kappa shape index (κ2) is 6.14. The Morgan fingerprint density at radius 1 is 1.39 bits per heavy atom. The largest absolute Gasteiger partial charge is 0.392 e. The van der Waals surface area contributed by atoms with Gasteiger partial charge in [0.25, 0.3) is 0 Å². The fourth-order valence-corrected chi connectivity index (χ4v) is 3.73. The topological polar surface area (TPSA) is 66.4 Å². The third kappa shape index (κ3) is 3.78. The van der Waals surface area contributed by atoms with E-state index in [0.29, 0.717) is 16.6 Å². The summed E-state index contributed by atoms with van der Waals surface area (Å²) >= 11 is 3.29. The van der Waals surface area contributed by atoms with Crippen LogP contribution in [0, 0.1) is 12.8 Å². The van der Waals surface area contributed by atoms with E-state index in [1.165, 1.54) is 6.07 Å². The Hall–Kier alpha value is -0.430. The summed E-state index contributed by atoms with van der Waals surface area (Å²) < 4.78 is 27.4. The summed E-state index contributed by atoms with van der Waals surface area (Å²) in [6.07, 6.45) is 0. The van der Waals surface area contributed by atoms with E-state index in [2.05, 4.69) is 20.7 Å². The first-order valence-electron chi connectivity index (χ1n) is 5.67. The molecule has 1 aromatic rings. The zero-order valence-electron chi connectivity index (χ0n) is 10.7. The fraction of sp³-hybridized carbons (Fsp3) is 0.500. The molecule has 1 aromatic carbocycles. The molecule has 0 atom stereocenters. The summed E-state index contributed by atoms with van der Waals surface area (Å²) in [5, 5.41) is 9.13. The lowest BCUT2D eigenvalue weighted by Crippen LogP contribution is -2.28. The number of rotatable bonds is 5. The van der Waals surface area contributed by atoms with Gasteiger partial charge in [0.1, 0.15) is 0 Å². The average molecular weight is 336 g/mol. The number of aliphatic hydroxyl groups is 1. The summed E-state index contributed by atoms with van der Waals surface area (Å²) in [7, 11) is -3.55. The van der Waals surface area contributed by atoms with Crippen molar-refractivity contribution in [3.63, 3.8) is 0 Å². The molecule has 0 amide bonds. The molecule has 0 radical (unpaired) electrons. The summed E-state index contributed by atoms with van der Waals surface area (Å²) in [5.41, 5.74) is 1.37. The quantitative estimate of drug-likeness (QED) is 0.866. The van der Waals surface area contributed by atoms with Crippen molar-refractivity contribution in [2.45, 2.75) is 32.3 Å². The highest BCUT2D eigenvalue weighted by molar-refractivity contribution is 9.10. The molecule has 0 heterocycles. The Balaban J connectivity index is 3.19. The maximum absolute atomic E-state index is 12.2. The van der Waals surface area contributed by atoms with E-state index in [0.717, 1.165) is 5.56 Å². The van der Waals surface area contributed by atoms with Crippen LogP contribution >= 0.6 is 15.9 Å². The number of aliphatic hydroxyl groups excluding tert-OH is 1. The fourth-order valence-electron chi connectivity index (χ4n) is 1.45. The Morgan fingerprint density at radius 2 is 2.00 bits per heavy atom. The summed E-state index contributed by atoms with van der Waals surface area (Å²) in [5.74, 6) is 0.237. The van der Waals surface area contributed by atoms with Crippen LogP contribution in [-0.2, 0) is 16.6 Å². The molecule has 0 spiro atoms. The summed E-state index contributed by atoms with van der Waals surface area (Å²) in [4.78, 5) is 0.173. The van der Waals surface area contributed by atoms with E-state index in [9.17, 15) is 8.42 Å². The SMILES string of the molecule is Cc1cc(CO)cc(S(=O)(=O)NCC(C)C)c1Br. The normalized spacial score (nSPS) is 12.1. The number of aryl methyl sites for hydroxylation is 1. The minimum Gasteiger partial charge on any atom is -0.392 e. The van der Waals surface area contributed by atoms with Crippen LogP contribution in [0.15, 0.2) is 21.5 Å². The van der Waals surface area contributed by atoms with Crippen LogP contribution in [-0.4, -0.2) is 20.1 Å². The molecule has 0 aliphatic carbocycles. The second-order valence-electron chi connectivity index (χ2n) is 4.63. The molecule has 0 unspecified atom stereocenters. The van der Waals surface area contributed by atoms with Crippen molar-refractivity contribution in [3.05, 3.63) is 27.7 Å². The number of nitrogens with one attached hydrogen (secondary N) is 1. The van der Waals surface area contributed by atoms with Gasteiger partial charge in [-0.3, -0.25) is 0 Å². The van der Waals surface area contributed by atoms with Crippen molar-refractivity contribution in [2.75, 3.05) is 6.54 Å². The number of hydrogen-bond acceptors (Lipinski definition) is 3. The first kappa shape index (κ1) is 15.6. The molecule has 0 fully saturated rings. The molecule has 18 heavy (non-hydrogen) atoms. The van der Waals surface area contributed by atoms with Gasteiger partial charge in [-0.05, 0) is 46.0 Å². The zero-order valence-corrected chi connectivity index (χ0v) is 13.1. The van der Waals surface area contributed by atoms with Crippen molar-refractivity contribution < 1.29 is 13.5 Å². The van der Waals surface area contributed by atoms with E-state index < -0.39 is 10.0 Å². The Morgan fingerprint density at radius 3 is 2.50 bits per heavy atom. The van der Waals surface area contributed by atoms with E-state index in [1.807, 2.05) is 13.8 Å². The monoisotopic (exact) mass is 335 g/mol. The minimum atomic E-state index is -3.55. The van der Waals surface area contributed by atoms with Gasteiger partial charge in [-0.25, -0.2) is 13.1 Å². The molecule has 2 N–H and O–H groups in total. The molecule has 0 saturated carbocycles. The molecule has 0 aliphatic heterocycles. The lowest BCUT2D eigenvalue weighted by molar-refractivity contribution is 0.281. The lowest BCUT2D eigenvalue weighted by Gasteiger charge is -2.13. The Kier molecular flexibility index (Phi) is 5.33. The van der Waals surface area contributed by atoms with Gasteiger partial charge in [0, 0.05) is 11.0 Å². The zero-order chi connectivity index (χ0) is 13.9. The predicted octanol–water partition coefficient (Wildman–Crippen LogP) is 2.18. The summed E-state index contributed by atoms with van der Waals surface area (Å²) in [6, 6.07) is 3.24. The van der Waals surface area contributed by atoms with Crippen molar-refractivity contribution in [3.8, 4) is 0 Å². The number of sulfonamides is 1. The van der Waals surface area contributed by atoms with Gasteiger partial charge in [-0.2, -0.15) is 0 Å². The third-order valence-electron chi connectivity index (χ3n) is 2.43. The molecule has 102 valence electrons. The molecule has 0 aromatic heterocycles. The first-order chi connectivity index (χ1) is 8.27. The molecule has 1 rings (SSSR count). The number of benzene rings is 1. The van der Waals surface area contributed by atoms with E-state index in [-0.39, 0.29) is 17.4 Å². The molecular weight excluding hydrogens is 318 g/mol.